The topological polar surface area (TPSA) is 136 Å². The van der Waals surface area contributed by atoms with Crippen LogP contribution in [0.25, 0.3) is 10.9 Å². The van der Waals surface area contributed by atoms with Crippen LogP contribution in [0.2, 0.25) is 0 Å². The second-order valence-electron chi connectivity index (χ2n) is 13.2. The zero-order chi connectivity index (χ0) is 34.5. The van der Waals surface area contributed by atoms with Crippen LogP contribution < -0.4 is 20.9 Å². The number of pyridine rings is 1. The monoisotopic (exact) mass is 674 g/mol. The van der Waals surface area contributed by atoms with E-state index in [1.165, 1.54) is 12.1 Å². The first kappa shape index (κ1) is 33.3. The fourth-order valence-corrected chi connectivity index (χ4v) is 7.05. The molecule has 4 aromatic carbocycles. The van der Waals surface area contributed by atoms with E-state index in [2.05, 4.69) is 20.5 Å². The molecular formula is C40H42N4O6. The molecular weight excluding hydrogens is 632 g/mol. The summed E-state index contributed by atoms with van der Waals surface area (Å²) in [4.78, 5) is 29.9. The van der Waals surface area contributed by atoms with Crippen molar-refractivity contribution in [2.24, 2.45) is 5.92 Å². The number of carbonyl (C=O) groups excluding carboxylic acids is 1. The summed E-state index contributed by atoms with van der Waals surface area (Å²) in [5, 5.41) is 28.0. The number of ether oxygens (including phenoxy) is 2. The van der Waals surface area contributed by atoms with E-state index in [4.69, 9.17) is 9.47 Å². The van der Waals surface area contributed by atoms with Crippen LogP contribution in [0.4, 0.5) is 4.79 Å². The predicted molar refractivity (Wildman–Crippen MR) is 191 cm³/mol. The molecule has 3 aliphatic heterocycles. The molecule has 2 bridgehead atoms. The number of aromatic nitrogens is 1. The lowest BCUT2D eigenvalue weighted by Crippen LogP contribution is -2.52. The van der Waals surface area contributed by atoms with Gasteiger partial charge in [-0.05, 0) is 83.9 Å². The number of nitrogens with zero attached hydrogens (tertiary/aromatic N) is 1. The first-order valence-electron chi connectivity index (χ1n) is 17.2. The van der Waals surface area contributed by atoms with Crippen LogP contribution in [0.3, 0.4) is 0 Å². The minimum atomic E-state index is -0.833. The number of alkyl carbamates (subject to hydrolysis) is 1. The van der Waals surface area contributed by atoms with Gasteiger partial charge in [0.1, 0.15) is 24.2 Å². The molecule has 1 amide bonds. The Bertz CT molecular complexity index is 1970. The number of nitrogens with one attached hydrogen (secondary N) is 3. The van der Waals surface area contributed by atoms with Crippen molar-refractivity contribution < 1.29 is 24.5 Å². The molecule has 0 spiro atoms. The van der Waals surface area contributed by atoms with Crippen molar-refractivity contribution in [3.63, 3.8) is 0 Å². The molecule has 0 saturated carbocycles. The first-order chi connectivity index (χ1) is 24.4. The average molecular weight is 675 g/mol. The van der Waals surface area contributed by atoms with Crippen LogP contribution in [0.5, 0.6) is 11.5 Å². The highest BCUT2D eigenvalue weighted by atomic mass is 16.6. The maximum Gasteiger partial charge on any atom is 0.408 e. The van der Waals surface area contributed by atoms with E-state index in [0.717, 1.165) is 54.7 Å². The Kier molecular flexibility index (Phi) is 10.1. The van der Waals surface area contributed by atoms with Gasteiger partial charge in [-0.3, -0.25) is 9.69 Å². The quantitative estimate of drug-likeness (QED) is 0.116. The van der Waals surface area contributed by atoms with Gasteiger partial charge < -0.3 is 35.3 Å². The van der Waals surface area contributed by atoms with E-state index in [1.54, 1.807) is 12.1 Å². The van der Waals surface area contributed by atoms with Gasteiger partial charge in [-0.15, -0.1) is 0 Å². The summed E-state index contributed by atoms with van der Waals surface area (Å²) in [6.45, 7) is 4.19. The third kappa shape index (κ3) is 7.83. The number of carbonyl (C=O) groups is 1. The van der Waals surface area contributed by atoms with Crippen molar-refractivity contribution in [3.8, 4) is 11.5 Å². The fraction of sp³-hybridized carbons (Fsp3) is 0.300. The molecule has 50 heavy (non-hydrogen) atoms. The minimum absolute atomic E-state index is 0.0385. The fourth-order valence-electron chi connectivity index (χ4n) is 7.05. The van der Waals surface area contributed by atoms with E-state index in [1.807, 2.05) is 78.9 Å². The number of rotatable bonds is 12. The lowest BCUT2D eigenvalue weighted by molar-refractivity contribution is -0.0336. The molecule has 3 atom stereocenters. The molecule has 0 radical (unpaired) electrons. The van der Waals surface area contributed by atoms with Crippen LogP contribution in [-0.2, 0) is 17.9 Å². The van der Waals surface area contributed by atoms with Crippen LogP contribution >= 0.6 is 0 Å². The number of fused-ring (bicyclic) bond motifs is 4. The van der Waals surface area contributed by atoms with Gasteiger partial charge in [-0.25, -0.2) is 4.79 Å². The Morgan fingerprint density at radius 3 is 2.42 bits per heavy atom. The SMILES string of the molecule is O=C(NC(c1ccccc1)c1cccc(OCc2ccc(CNCC(O)c3ccc(O)c4[nH]c(=O)ccc34)cc2)c1)OC1CN2CCC1CC2. The van der Waals surface area contributed by atoms with Crippen molar-refractivity contribution in [2.45, 2.75) is 44.2 Å². The molecule has 3 saturated heterocycles. The molecule has 5 N–H and O–H groups in total. The lowest BCUT2D eigenvalue weighted by Gasteiger charge is -2.43. The summed E-state index contributed by atoms with van der Waals surface area (Å²) in [5.41, 5.74) is 4.52. The molecule has 0 aliphatic carbocycles. The summed E-state index contributed by atoms with van der Waals surface area (Å²) < 4.78 is 12.2. The maximum absolute atomic E-state index is 13.2. The van der Waals surface area contributed by atoms with Crippen molar-refractivity contribution in [2.75, 3.05) is 26.2 Å². The van der Waals surface area contributed by atoms with Crippen molar-refractivity contribution in [3.05, 3.63) is 141 Å². The third-order valence-electron chi connectivity index (χ3n) is 9.80. The molecule has 3 unspecified atom stereocenters. The standard InChI is InChI=1S/C40H42N4O6/c45-34-15-13-32(33-14-16-37(47)42-39(33)34)35(46)23-41-22-26-9-11-27(12-10-26)25-49-31-8-4-7-30(21-31)38(29-5-2-1-3-6-29)43-40(48)50-36-24-44-19-17-28(36)18-20-44/h1-16,21,28,35-36,38,41,45-46H,17-20,22-25H2,(H,42,47)(H,43,48). The Balaban J connectivity index is 0.939. The number of aliphatic hydroxyl groups is 1. The highest BCUT2D eigenvalue weighted by Crippen LogP contribution is 2.31. The molecule has 4 heterocycles. The number of aromatic amines is 1. The Morgan fingerprint density at radius 2 is 1.66 bits per heavy atom. The molecule has 8 rings (SSSR count). The molecule has 10 heteroatoms. The Morgan fingerprint density at radius 1 is 0.900 bits per heavy atom. The average Bonchev–Trinajstić information content (AvgIpc) is 3.15. The second kappa shape index (κ2) is 15.2. The molecule has 3 aliphatic rings. The van der Waals surface area contributed by atoms with Crippen molar-refractivity contribution in [1.82, 2.24) is 20.5 Å². The summed E-state index contributed by atoms with van der Waals surface area (Å²) in [7, 11) is 0. The lowest BCUT2D eigenvalue weighted by atomic mass is 9.86. The summed E-state index contributed by atoms with van der Waals surface area (Å²) >= 11 is 0. The van der Waals surface area contributed by atoms with E-state index < -0.39 is 18.2 Å². The number of phenols is 1. The first-order valence-corrected chi connectivity index (χ1v) is 17.2. The number of piperidine rings is 3. The maximum atomic E-state index is 13.2. The van der Waals surface area contributed by atoms with Gasteiger partial charge in [-0.2, -0.15) is 0 Å². The van der Waals surface area contributed by atoms with Crippen LogP contribution in [0, 0.1) is 5.92 Å². The number of aromatic hydroxyl groups is 1. The highest BCUT2D eigenvalue weighted by Gasteiger charge is 2.37. The van der Waals surface area contributed by atoms with Gasteiger partial charge in [0.15, 0.2) is 0 Å². The van der Waals surface area contributed by atoms with E-state index in [0.29, 0.717) is 41.3 Å². The Hall–Kier alpha value is -5.16. The molecule has 258 valence electrons. The number of phenolic OH excluding ortho intramolecular Hbond substituents is 1. The van der Waals surface area contributed by atoms with Crippen LogP contribution in [-0.4, -0.2) is 58.5 Å². The van der Waals surface area contributed by atoms with E-state index >= 15 is 0 Å². The van der Waals surface area contributed by atoms with Gasteiger partial charge in [0.2, 0.25) is 5.56 Å². The Labute approximate surface area is 290 Å². The minimum Gasteiger partial charge on any atom is -0.506 e. The number of hydrogen-bond acceptors (Lipinski definition) is 8. The van der Waals surface area contributed by atoms with Crippen LogP contribution in [0.1, 0.15) is 52.8 Å². The highest BCUT2D eigenvalue weighted by molar-refractivity contribution is 5.87. The third-order valence-corrected chi connectivity index (χ3v) is 9.80. The summed E-state index contributed by atoms with van der Waals surface area (Å²) in [5.74, 6) is 1.09. The molecule has 1 aromatic heterocycles. The van der Waals surface area contributed by atoms with E-state index in [-0.39, 0.29) is 24.0 Å². The van der Waals surface area contributed by atoms with Crippen molar-refractivity contribution in [1.29, 1.82) is 0 Å². The number of aliphatic hydroxyl groups excluding tert-OH is 1. The van der Waals surface area contributed by atoms with Gasteiger partial charge in [0.25, 0.3) is 0 Å². The number of amides is 1. The largest absolute Gasteiger partial charge is 0.506 e. The summed E-state index contributed by atoms with van der Waals surface area (Å²) in [6, 6.07) is 31.5. The van der Waals surface area contributed by atoms with Gasteiger partial charge >= 0.3 is 6.09 Å². The van der Waals surface area contributed by atoms with E-state index in [9.17, 15) is 19.8 Å². The zero-order valence-electron chi connectivity index (χ0n) is 27.8. The molecule has 5 aromatic rings. The smallest absolute Gasteiger partial charge is 0.408 e. The summed E-state index contributed by atoms with van der Waals surface area (Å²) in [6.07, 6.45) is 0.847. The molecule has 10 nitrogen and oxygen atoms in total. The number of benzene rings is 4. The van der Waals surface area contributed by atoms with Crippen molar-refractivity contribution >= 4 is 17.0 Å². The zero-order valence-corrected chi connectivity index (χ0v) is 27.8. The van der Waals surface area contributed by atoms with Gasteiger partial charge in [-0.1, -0.05) is 72.8 Å². The van der Waals surface area contributed by atoms with Gasteiger partial charge in [0, 0.05) is 31.1 Å². The predicted octanol–water partition coefficient (Wildman–Crippen LogP) is 5.55. The number of hydrogen-bond donors (Lipinski definition) is 5. The number of H-pyrrole nitrogens is 1. The second-order valence-corrected chi connectivity index (χ2v) is 13.2. The van der Waals surface area contributed by atoms with Crippen LogP contribution in [0.15, 0.2) is 108 Å². The molecule has 3 fully saturated rings. The van der Waals surface area contributed by atoms with Gasteiger partial charge in [0.05, 0.1) is 17.7 Å². The normalized spacial score (nSPS) is 19.5.